The number of nitrogens with one attached hydrogen (secondary N) is 1. The smallest absolute Gasteiger partial charge is 0.416 e. The number of benzene rings is 2. The number of rotatable bonds is 6. The molecule has 9 heteroatoms. The van der Waals surface area contributed by atoms with Crippen LogP contribution in [0.2, 0.25) is 0 Å². The van der Waals surface area contributed by atoms with Crippen molar-refractivity contribution in [2.75, 3.05) is 20.7 Å². The first-order valence-electron chi connectivity index (χ1n) is 9.72. The maximum Gasteiger partial charge on any atom is 0.416 e. The molecule has 0 saturated carbocycles. The number of aryl methyl sites for hydroxylation is 1. The van der Waals surface area contributed by atoms with E-state index in [1.807, 2.05) is 6.07 Å². The molecule has 1 N–H and O–H groups in total. The van der Waals surface area contributed by atoms with Crippen LogP contribution < -0.4 is 10.3 Å². The summed E-state index contributed by atoms with van der Waals surface area (Å²) in [4.78, 5) is 29.5. The van der Waals surface area contributed by atoms with E-state index in [0.717, 1.165) is 6.07 Å². The normalized spacial score (nSPS) is 11.2. The van der Waals surface area contributed by atoms with E-state index in [-0.39, 0.29) is 36.3 Å². The minimum atomic E-state index is -4.45. The van der Waals surface area contributed by atoms with Gasteiger partial charge in [0.15, 0.2) is 5.75 Å². The molecule has 3 rings (SSSR count). The van der Waals surface area contributed by atoms with Crippen LogP contribution in [0.1, 0.15) is 33.5 Å². The summed E-state index contributed by atoms with van der Waals surface area (Å²) in [6, 6.07) is 11.8. The second-order valence-corrected chi connectivity index (χ2v) is 7.22. The highest BCUT2D eigenvalue weighted by Crippen LogP contribution is 2.32. The lowest BCUT2D eigenvalue weighted by Gasteiger charge is -2.20. The average Bonchev–Trinajstić information content (AvgIpc) is 2.76. The summed E-state index contributed by atoms with van der Waals surface area (Å²) < 4.78 is 44.7. The monoisotopic (exact) mass is 443 g/mol. The van der Waals surface area contributed by atoms with Gasteiger partial charge in [0.2, 0.25) is 0 Å². The molecule has 0 saturated heterocycles. The Hall–Kier alpha value is -3.80. The Balaban J connectivity index is 1.87. The lowest BCUT2D eigenvalue weighted by Crippen LogP contribution is -2.30. The molecule has 0 unspecified atom stereocenters. The van der Waals surface area contributed by atoms with Gasteiger partial charge in [-0.05, 0) is 42.7 Å². The number of carbonyl (C=O) groups is 1. The lowest BCUT2D eigenvalue weighted by atomic mass is 10.0. The van der Waals surface area contributed by atoms with E-state index in [2.05, 4.69) is 4.98 Å². The maximum atomic E-state index is 13.2. The Labute approximate surface area is 181 Å². The average molecular weight is 443 g/mol. The van der Waals surface area contributed by atoms with Crippen LogP contribution in [0.25, 0.3) is 10.9 Å². The molecule has 3 aromatic rings. The van der Waals surface area contributed by atoms with Gasteiger partial charge in [-0.1, -0.05) is 18.2 Å². The summed E-state index contributed by atoms with van der Waals surface area (Å²) in [5.41, 5.74) is -0.473. The molecular formula is C23H20F3N3O3. The molecule has 1 aromatic heterocycles. The number of carbonyl (C=O) groups excluding carboxylic acids is 1. The summed E-state index contributed by atoms with van der Waals surface area (Å²) in [6.45, 7) is 0.153. The van der Waals surface area contributed by atoms with Crippen LogP contribution in [0.15, 0.2) is 47.3 Å². The number of aromatic nitrogens is 1. The van der Waals surface area contributed by atoms with Crippen molar-refractivity contribution >= 4 is 16.8 Å². The van der Waals surface area contributed by atoms with Crippen molar-refractivity contribution in [3.05, 3.63) is 75.1 Å². The van der Waals surface area contributed by atoms with Crippen molar-refractivity contribution in [2.45, 2.75) is 19.0 Å². The third-order valence-corrected chi connectivity index (χ3v) is 5.13. The van der Waals surface area contributed by atoms with Crippen molar-refractivity contribution in [3.63, 3.8) is 0 Å². The van der Waals surface area contributed by atoms with Gasteiger partial charge < -0.3 is 14.6 Å². The molecule has 0 radical (unpaired) electrons. The topological polar surface area (TPSA) is 86.2 Å². The number of fused-ring (bicyclic) bond motifs is 1. The number of halogens is 3. The third kappa shape index (κ3) is 4.59. The summed E-state index contributed by atoms with van der Waals surface area (Å²) in [5, 5.41) is 9.54. The summed E-state index contributed by atoms with van der Waals surface area (Å²) in [5.74, 6) is -0.719. The molecule has 0 fully saturated rings. The van der Waals surface area contributed by atoms with Gasteiger partial charge in [-0.15, -0.1) is 0 Å². The van der Waals surface area contributed by atoms with Crippen molar-refractivity contribution in [3.8, 4) is 11.8 Å². The van der Waals surface area contributed by atoms with Crippen LogP contribution >= 0.6 is 0 Å². The van der Waals surface area contributed by atoms with E-state index in [0.29, 0.717) is 16.5 Å². The highest BCUT2D eigenvalue weighted by molar-refractivity contribution is 6.08. The zero-order chi connectivity index (χ0) is 23.5. The first kappa shape index (κ1) is 22.9. The number of nitriles is 1. The van der Waals surface area contributed by atoms with Crippen molar-refractivity contribution in [2.24, 2.45) is 0 Å². The molecule has 0 spiro atoms. The molecule has 1 amide bonds. The fraction of sp³-hybridized carbons (Fsp3) is 0.261. The van der Waals surface area contributed by atoms with E-state index in [1.165, 1.54) is 49.4 Å². The lowest BCUT2D eigenvalue weighted by molar-refractivity contribution is -0.138. The fourth-order valence-electron chi connectivity index (χ4n) is 3.57. The zero-order valence-electron chi connectivity index (χ0n) is 17.4. The molecule has 0 aliphatic heterocycles. The van der Waals surface area contributed by atoms with Gasteiger partial charge in [0.25, 0.3) is 11.5 Å². The summed E-state index contributed by atoms with van der Waals surface area (Å²) in [6.07, 6.45) is -4.05. The van der Waals surface area contributed by atoms with Gasteiger partial charge in [0.1, 0.15) is 0 Å². The number of aromatic amines is 1. The summed E-state index contributed by atoms with van der Waals surface area (Å²) in [7, 11) is 2.76. The van der Waals surface area contributed by atoms with Crippen molar-refractivity contribution in [1.82, 2.24) is 9.88 Å². The molecule has 6 nitrogen and oxygen atoms in total. The zero-order valence-corrected chi connectivity index (χ0v) is 17.4. The van der Waals surface area contributed by atoms with Gasteiger partial charge in [-0.3, -0.25) is 9.59 Å². The van der Waals surface area contributed by atoms with Crippen LogP contribution in [-0.2, 0) is 12.6 Å². The fourth-order valence-corrected chi connectivity index (χ4v) is 3.57. The maximum absolute atomic E-state index is 13.2. The molecular weight excluding hydrogens is 423 g/mol. The number of ether oxygens (including phenoxy) is 1. The van der Waals surface area contributed by atoms with Gasteiger partial charge in [0.05, 0.1) is 29.9 Å². The minimum Gasteiger partial charge on any atom is -0.490 e. The molecule has 32 heavy (non-hydrogen) atoms. The number of alkyl halides is 3. The van der Waals surface area contributed by atoms with E-state index in [9.17, 15) is 28.0 Å². The molecule has 166 valence electrons. The summed E-state index contributed by atoms with van der Waals surface area (Å²) >= 11 is 0. The first-order valence-corrected chi connectivity index (χ1v) is 9.72. The van der Waals surface area contributed by atoms with Crippen LogP contribution in [0, 0.1) is 11.3 Å². The minimum absolute atomic E-state index is 0.00143. The predicted octanol–water partition coefficient (Wildman–Crippen LogP) is 4.13. The first-order chi connectivity index (χ1) is 15.2. The highest BCUT2D eigenvalue weighted by Gasteiger charge is 2.32. The highest BCUT2D eigenvalue weighted by atomic mass is 19.4. The second-order valence-electron chi connectivity index (χ2n) is 7.22. The van der Waals surface area contributed by atoms with Crippen molar-refractivity contribution in [1.29, 1.82) is 5.26 Å². The van der Waals surface area contributed by atoms with E-state index >= 15 is 0 Å². The van der Waals surface area contributed by atoms with E-state index in [4.69, 9.17) is 4.74 Å². The van der Waals surface area contributed by atoms with Gasteiger partial charge in [-0.2, -0.15) is 18.4 Å². The van der Waals surface area contributed by atoms with Crippen LogP contribution in [-0.4, -0.2) is 36.5 Å². The Morgan fingerprint density at radius 2 is 1.94 bits per heavy atom. The molecule has 0 aliphatic carbocycles. The molecule has 0 aliphatic rings. The number of pyridine rings is 1. The van der Waals surface area contributed by atoms with E-state index in [1.54, 1.807) is 6.07 Å². The van der Waals surface area contributed by atoms with Crippen molar-refractivity contribution < 1.29 is 22.7 Å². The quantitative estimate of drug-likeness (QED) is 0.621. The molecule has 0 bridgehead atoms. The number of methoxy groups -OCH3 is 1. The van der Waals surface area contributed by atoms with Gasteiger partial charge >= 0.3 is 6.18 Å². The van der Waals surface area contributed by atoms with Crippen LogP contribution in [0.4, 0.5) is 13.2 Å². The molecule has 1 heterocycles. The SMILES string of the molecule is COc1c(C(=O)N(C)CCCc2ccccc2C(F)(F)F)c2cc(C#N)ccc2[nH]c1=O. The predicted molar refractivity (Wildman–Crippen MR) is 113 cm³/mol. The van der Waals surface area contributed by atoms with E-state index < -0.39 is 23.2 Å². The van der Waals surface area contributed by atoms with Crippen LogP contribution in [0.5, 0.6) is 5.75 Å². The third-order valence-electron chi connectivity index (χ3n) is 5.13. The Bertz CT molecular complexity index is 1260. The van der Waals surface area contributed by atoms with Gasteiger partial charge in [-0.25, -0.2) is 0 Å². The number of nitrogens with zero attached hydrogens (tertiary/aromatic N) is 2. The second kappa shape index (κ2) is 9.14. The largest absolute Gasteiger partial charge is 0.490 e. The number of hydrogen-bond acceptors (Lipinski definition) is 4. The Kier molecular flexibility index (Phi) is 6.53. The Morgan fingerprint density at radius 3 is 2.59 bits per heavy atom. The Morgan fingerprint density at radius 1 is 1.22 bits per heavy atom. The molecule has 0 atom stereocenters. The number of H-pyrrole nitrogens is 1. The van der Waals surface area contributed by atoms with Crippen LogP contribution in [0.3, 0.4) is 0 Å². The van der Waals surface area contributed by atoms with Gasteiger partial charge in [0, 0.05) is 24.5 Å². The molecule has 2 aromatic carbocycles. The number of hydrogen-bond donors (Lipinski definition) is 1. The number of amides is 1. The standard InChI is InChI=1S/C23H20F3N3O3/c1-29(11-5-7-15-6-3-4-8-17(15)23(24,25)26)22(31)19-16-12-14(13-27)9-10-18(16)28-21(30)20(19)32-2/h3-4,6,8-10,12H,5,7,11H2,1-2H3,(H,28,30).